The third-order valence-corrected chi connectivity index (χ3v) is 7.67. The van der Waals surface area contributed by atoms with Gasteiger partial charge in [-0.15, -0.1) is 0 Å². The van der Waals surface area contributed by atoms with Crippen LogP contribution in [-0.4, -0.2) is 50.5 Å². The van der Waals surface area contributed by atoms with E-state index in [-0.39, 0.29) is 12.5 Å². The van der Waals surface area contributed by atoms with E-state index in [0.29, 0.717) is 32.3 Å². The third-order valence-electron chi connectivity index (χ3n) is 5.13. The molecular formula is C23H28BrCl2N3O4S. The van der Waals surface area contributed by atoms with Crippen molar-refractivity contribution in [3.8, 4) is 0 Å². The molecule has 0 saturated heterocycles. The lowest BCUT2D eigenvalue weighted by molar-refractivity contribution is -0.139. The number of unbranched alkanes of at least 4 members (excludes halogenated alkanes) is 1. The smallest absolute Gasteiger partial charge is 0.244 e. The zero-order valence-electron chi connectivity index (χ0n) is 19.2. The van der Waals surface area contributed by atoms with E-state index in [9.17, 15) is 18.0 Å². The van der Waals surface area contributed by atoms with Crippen LogP contribution in [0.3, 0.4) is 0 Å². The topological polar surface area (TPSA) is 86.8 Å². The largest absolute Gasteiger partial charge is 0.354 e. The lowest BCUT2D eigenvalue weighted by Gasteiger charge is -2.31. The summed E-state index contributed by atoms with van der Waals surface area (Å²) in [7, 11) is -3.80. The Balaban J connectivity index is 2.38. The van der Waals surface area contributed by atoms with Crippen LogP contribution in [0, 0.1) is 0 Å². The molecule has 2 rings (SSSR count). The molecule has 0 bridgehead atoms. The van der Waals surface area contributed by atoms with Crippen LogP contribution < -0.4 is 9.62 Å². The van der Waals surface area contributed by atoms with Crippen LogP contribution in [-0.2, 0) is 26.2 Å². The van der Waals surface area contributed by atoms with Gasteiger partial charge in [-0.05, 0) is 59.1 Å². The van der Waals surface area contributed by atoms with E-state index in [2.05, 4.69) is 21.2 Å². The van der Waals surface area contributed by atoms with E-state index in [1.165, 1.54) is 4.90 Å². The maximum atomic E-state index is 13.5. The summed E-state index contributed by atoms with van der Waals surface area (Å²) in [5, 5.41) is 3.51. The van der Waals surface area contributed by atoms with E-state index in [1.807, 2.05) is 6.92 Å². The fourth-order valence-electron chi connectivity index (χ4n) is 3.20. The lowest BCUT2D eigenvalue weighted by Crippen LogP contribution is -2.51. The number of para-hydroxylation sites is 1. The molecule has 186 valence electrons. The van der Waals surface area contributed by atoms with Gasteiger partial charge in [0.15, 0.2) is 0 Å². The highest BCUT2D eigenvalue weighted by Gasteiger charge is 2.30. The van der Waals surface area contributed by atoms with Crippen molar-refractivity contribution in [3.05, 3.63) is 62.5 Å². The minimum Gasteiger partial charge on any atom is -0.354 e. The molecule has 34 heavy (non-hydrogen) atoms. The minimum absolute atomic E-state index is 0.0473. The van der Waals surface area contributed by atoms with E-state index in [0.717, 1.165) is 23.4 Å². The van der Waals surface area contributed by atoms with E-state index < -0.39 is 28.5 Å². The highest BCUT2D eigenvalue weighted by Crippen LogP contribution is 2.28. The molecule has 0 radical (unpaired) electrons. The van der Waals surface area contributed by atoms with Crippen molar-refractivity contribution in [2.45, 2.75) is 39.3 Å². The van der Waals surface area contributed by atoms with Crippen LogP contribution in [0.25, 0.3) is 0 Å². The van der Waals surface area contributed by atoms with Crippen LogP contribution in [0.2, 0.25) is 10.0 Å². The fourth-order valence-corrected chi connectivity index (χ4v) is 5.00. The maximum absolute atomic E-state index is 13.5. The van der Waals surface area contributed by atoms with E-state index in [1.54, 1.807) is 49.4 Å². The highest BCUT2D eigenvalue weighted by atomic mass is 79.9. The number of hydrogen-bond donors (Lipinski definition) is 1. The Labute approximate surface area is 219 Å². The number of nitrogens with zero attached hydrogens (tertiary/aromatic N) is 2. The van der Waals surface area contributed by atoms with Gasteiger partial charge >= 0.3 is 0 Å². The second kappa shape index (κ2) is 12.8. The van der Waals surface area contributed by atoms with Crippen LogP contribution in [0.4, 0.5) is 5.69 Å². The SMILES string of the molecule is CCCCNC(=O)C(C)N(Cc1ccc(Cl)c(Cl)c1)C(=O)CN(c1ccccc1Br)S(C)(=O)=O. The molecule has 2 aromatic rings. The summed E-state index contributed by atoms with van der Waals surface area (Å²) in [6.45, 7) is 3.68. The van der Waals surface area contributed by atoms with Gasteiger partial charge in [-0.3, -0.25) is 13.9 Å². The van der Waals surface area contributed by atoms with Gasteiger partial charge in [0, 0.05) is 17.6 Å². The molecule has 0 saturated carbocycles. The van der Waals surface area contributed by atoms with Crippen molar-refractivity contribution in [1.82, 2.24) is 10.2 Å². The molecule has 0 heterocycles. The summed E-state index contributed by atoms with van der Waals surface area (Å²) < 4.78 is 26.7. The summed E-state index contributed by atoms with van der Waals surface area (Å²) >= 11 is 15.5. The Morgan fingerprint density at radius 1 is 1.12 bits per heavy atom. The molecule has 0 aliphatic rings. The normalized spacial score (nSPS) is 12.2. The summed E-state index contributed by atoms with van der Waals surface area (Å²) in [6.07, 6.45) is 2.75. The number of hydrogen-bond acceptors (Lipinski definition) is 4. The summed E-state index contributed by atoms with van der Waals surface area (Å²) in [6, 6.07) is 10.8. The molecule has 7 nitrogen and oxygen atoms in total. The lowest BCUT2D eigenvalue weighted by atomic mass is 10.1. The van der Waals surface area contributed by atoms with Crippen molar-refractivity contribution < 1.29 is 18.0 Å². The summed E-state index contributed by atoms with van der Waals surface area (Å²) in [5.41, 5.74) is 0.982. The zero-order chi connectivity index (χ0) is 25.5. The van der Waals surface area contributed by atoms with Gasteiger partial charge in [-0.25, -0.2) is 8.42 Å². The number of sulfonamides is 1. The van der Waals surface area contributed by atoms with Gasteiger partial charge in [0.25, 0.3) is 0 Å². The first kappa shape index (κ1) is 28.4. The molecule has 0 aliphatic heterocycles. The first-order valence-electron chi connectivity index (χ1n) is 10.7. The first-order valence-corrected chi connectivity index (χ1v) is 14.1. The molecule has 0 aliphatic carbocycles. The van der Waals surface area contributed by atoms with Crippen molar-refractivity contribution in [2.75, 3.05) is 23.7 Å². The average Bonchev–Trinajstić information content (AvgIpc) is 2.77. The second-order valence-electron chi connectivity index (χ2n) is 7.81. The van der Waals surface area contributed by atoms with Crippen molar-refractivity contribution in [1.29, 1.82) is 0 Å². The molecule has 11 heteroatoms. The number of anilines is 1. The Morgan fingerprint density at radius 3 is 2.38 bits per heavy atom. The van der Waals surface area contributed by atoms with Gasteiger partial charge in [0.05, 0.1) is 22.0 Å². The van der Waals surface area contributed by atoms with Gasteiger partial charge in [0.1, 0.15) is 12.6 Å². The first-order chi connectivity index (χ1) is 16.0. The highest BCUT2D eigenvalue weighted by molar-refractivity contribution is 9.10. The monoisotopic (exact) mass is 591 g/mol. The minimum atomic E-state index is -3.80. The number of carbonyl (C=O) groups is 2. The zero-order valence-corrected chi connectivity index (χ0v) is 23.1. The number of rotatable bonds is 11. The van der Waals surface area contributed by atoms with Crippen LogP contribution in [0.5, 0.6) is 0 Å². The van der Waals surface area contributed by atoms with Crippen molar-refractivity contribution in [3.63, 3.8) is 0 Å². The van der Waals surface area contributed by atoms with Crippen molar-refractivity contribution >= 4 is 66.7 Å². The third kappa shape index (κ3) is 7.86. The van der Waals surface area contributed by atoms with Crippen LogP contribution >= 0.6 is 39.1 Å². The number of halogens is 3. The Kier molecular flexibility index (Phi) is 10.7. The Bertz CT molecular complexity index is 1130. The molecule has 2 amide bonds. The molecule has 1 N–H and O–H groups in total. The van der Waals surface area contributed by atoms with Crippen LogP contribution in [0.1, 0.15) is 32.3 Å². The van der Waals surface area contributed by atoms with Gasteiger partial charge in [0.2, 0.25) is 21.8 Å². The Hall–Kier alpha value is -1.81. The standard InChI is InChI=1S/C23H28BrCl2N3O4S/c1-4-5-12-27-23(31)16(2)28(14-17-10-11-19(25)20(26)13-17)22(30)15-29(34(3,32)33)21-9-7-6-8-18(21)24/h6-11,13,16H,4-5,12,14-15H2,1-3H3,(H,27,31). The molecule has 0 spiro atoms. The van der Waals surface area contributed by atoms with E-state index in [4.69, 9.17) is 23.2 Å². The predicted octanol–water partition coefficient (Wildman–Crippen LogP) is 4.86. The molecule has 0 aromatic heterocycles. The number of nitrogens with one attached hydrogen (secondary N) is 1. The fraction of sp³-hybridized carbons (Fsp3) is 0.391. The van der Waals surface area contributed by atoms with Gasteiger partial charge in [-0.2, -0.15) is 0 Å². The number of benzene rings is 2. The summed E-state index contributed by atoms with van der Waals surface area (Å²) in [5.74, 6) is -0.862. The van der Waals surface area contributed by atoms with Crippen LogP contribution in [0.15, 0.2) is 46.9 Å². The molecular weight excluding hydrogens is 565 g/mol. The van der Waals surface area contributed by atoms with E-state index >= 15 is 0 Å². The molecule has 0 fully saturated rings. The van der Waals surface area contributed by atoms with Gasteiger partial charge < -0.3 is 10.2 Å². The second-order valence-corrected chi connectivity index (χ2v) is 11.4. The summed E-state index contributed by atoms with van der Waals surface area (Å²) in [4.78, 5) is 27.6. The molecule has 1 atom stereocenters. The average molecular weight is 593 g/mol. The molecule has 2 aromatic carbocycles. The van der Waals surface area contributed by atoms with Gasteiger partial charge in [-0.1, -0.05) is 54.7 Å². The maximum Gasteiger partial charge on any atom is 0.244 e. The molecule has 1 unspecified atom stereocenters. The quantitative estimate of drug-likeness (QED) is 0.378. The number of carbonyl (C=O) groups excluding carboxylic acids is 2. The van der Waals surface area contributed by atoms with Crippen molar-refractivity contribution in [2.24, 2.45) is 0 Å². The Morgan fingerprint density at radius 2 is 1.79 bits per heavy atom. The number of amides is 2. The predicted molar refractivity (Wildman–Crippen MR) is 141 cm³/mol.